The molecule has 0 unspecified atom stereocenters. The van der Waals surface area contributed by atoms with E-state index in [1.807, 2.05) is 0 Å². The van der Waals surface area contributed by atoms with Gasteiger partial charge < -0.3 is 21.1 Å². The van der Waals surface area contributed by atoms with Crippen LogP contribution in [0, 0.1) is 20.8 Å². The maximum absolute atomic E-state index is 12.8. The van der Waals surface area contributed by atoms with E-state index >= 15 is 0 Å². The number of anilines is 5. The summed E-state index contributed by atoms with van der Waals surface area (Å²) in [4.78, 5) is 10.5. The molecule has 0 aliphatic heterocycles. The fraction of sp³-hybridized carbons (Fsp3) is 0.162. The molecule has 366 valence electrons. The lowest BCUT2D eigenvalue weighted by Gasteiger charge is -2.14. The Morgan fingerprint density at radius 2 is 1.22 bits per heavy atom. The van der Waals surface area contributed by atoms with Gasteiger partial charge in [-0.2, -0.15) is 48.6 Å². The minimum Gasteiger partial charge on any atom is -0.505 e. The smallest absolute Gasteiger partial charge is 0.397 e. The molecule has 0 radical (unpaired) electrons. The number of aryl methyl sites for hydroxylation is 3. The Balaban J connectivity index is 1.34. The van der Waals surface area contributed by atoms with Crippen LogP contribution in [0.25, 0.3) is 10.8 Å². The number of phenols is 1. The summed E-state index contributed by atoms with van der Waals surface area (Å²) < 4.78 is 162. The Morgan fingerprint density at radius 3 is 1.83 bits per heavy atom. The van der Waals surface area contributed by atoms with Crippen LogP contribution in [0.5, 0.6) is 5.75 Å². The summed E-state index contributed by atoms with van der Waals surface area (Å²) in [5, 5.41) is 35.5. The minimum atomic E-state index is -4.98. The molecule has 0 bridgehead atoms. The number of sulfone groups is 1. The molecule has 0 aliphatic carbocycles. The number of aromatic hydroxyl groups is 1. The van der Waals surface area contributed by atoms with Gasteiger partial charge in [0.1, 0.15) is 38.4 Å². The fourth-order valence-corrected chi connectivity index (χ4v) is 9.44. The van der Waals surface area contributed by atoms with Crippen LogP contribution in [-0.4, -0.2) is 98.6 Å². The van der Waals surface area contributed by atoms with Crippen molar-refractivity contribution in [2.75, 3.05) is 34.2 Å². The van der Waals surface area contributed by atoms with Crippen LogP contribution in [0.1, 0.15) is 16.7 Å². The van der Waals surface area contributed by atoms with E-state index in [1.54, 1.807) is 13.8 Å². The molecule has 1 heterocycles. The first-order chi connectivity index (χ1) is 32.0. The van der Waals surface area contributed by atoms with Crippen molar-refractivity contribution >= 4 is 125 Å². The molecule has 0 fully saturated rings. The third-order valence-corrected chi connectivity index (χ3v) is 14.0. The predicted octanol–water partition coefficient (Wildman–Crippen LogP) is 6.97. The number of phenolic OH excluding ortho intramolecular Hbond substituents is 1. The topological polar surface area (TPSA) is 405 Å². The molecule has 6 rings (SSSR count). The lowest BCUT2D eigenvalue weighted by molar-refractivity contribution is 0.284. The van der Waals surface area contributed by atoms with E-state index in [4.69, 9.17) is 16.2 Å². The van der Waals surface area contributed by atoms with E-state index in [0.29, 0.717) is 11.1 Å². The lowest BCUT2D eigenvalue weighted by atomic mass is 10.0. The van der Waals surface area contributed by atoms with Crippen LogP contribution < -0.4 is 16.0 Å². The van der Waals surface area contributed by atoms with Crippen molar-refractivity contribution in [3.05, 3.63) is 94.8 Å². The summed E-state index contributed by atoms with van der Waals surface area (Å²) in [6.07, 6.45) is 0. The summed E-state index contributed by atoms with van der Waals surface area (Å²) in [7, 11) is -23.4. The van der Waals surface area contributed by atoms with Crippen LogP contribution in [0.15, 0.2) is 108 Å². The zero-order valence-electron chi connectivity index (χ0n) is 35.3. The van der Waals surface area contributed by atoms with Crippen LogP contribution in [0.2, 0.25) is 5.28 Å². The van der Waals surface area contributed by atoms with Gasteiger partial charge >= 0.3 is 10.4 Å². The molecule has 0 atom stereocenters. The second kappa shape index (κ2) is 19.9. The molecular formula is C37H35ClN10O16S5. The maximum atomic E-state index is 12.8. The lowest BCUT2D eigenvalue weighted by Crippen LogP contribution is -2.15. The Labute approximate surface area is 397 Å². The second-order valence-electron chi connectivity index (χ2n) is 14.4. The number of hydrogen-bond donors (Lipinski definition) is 8. The van der Waals surface area contributed by atoms with Gasteiger partial charge in [0.05, 0.1) is 22.9 Å². The van der Waals surface area contributed by atoms with Gasteiger partial charge in [0.2, 0.25) is 17.2 Å². The molecule has 8 N–H and O–H groups in total. The number of nitrogens with one attached hydrogen (secondary N) is 3. The first-order valence-electron chi connectivity index (χ1n) is 18.9. The third kappa shape index (κ3) is 13.4. The van der Waals surface area contributed by atoms with Gasteiger partial charge in [-0.1, -0.05) is 6.07 Å². The molecular weight excluding hydrogens is 1040 g/mol. The number of azo groups is 2. The van der Waals surface area contributed by atoms with Crippen LogP contribution in [0.4, 0.5) is 51.7 Å². The van der Waals surface area contributed by atoms with E-state index in [2.05, 4.69) is 55.5 Å². The Bertz CT molecular complexity index is 3700. The molecule has 0 aliphatic rings. The third-order valence-electron chi connectivity index (χ3n) is 9.38. The van der Waals surface area contributed by atoms with Crippen molar-refractivity contribution in [3.8, 4) is 5.75 Å². The number of nitrogens with zero attached hydrogens (tertiary/aromatic N) is 7. The first-order valence-corrected chi connectivity index (χ1v) is 26.8. The highest BCUT2D eigenvalue weighted by molar-refractivity contribution is 7.91. The Kier molecular flexibility index (Phi) is 15.0. The molecule has 69 heavy (non-hydrogen) atoms. The summed E-state index contributed by atoms with van der Waals surface area (Å²) in [5.74, 6) is -2.86. The number of fused-ring (bicyclic) bond motifs is 1. The van der Waals surface area contributed by atoms with Crippen molar-refractivity contribution in [3.63, 3.8) is 0 Å². The monoisotopic (exact) mass is 1070 g/mol. The van der Waals surface area contributed by atoms with E-state index < -0.39 is 90.1 Å². The van der Waals surface area contributed by atoms with Crippen molar-refractivity contribution in [2.45, 2.75) is 35.5 Å². The van der Waals surface area contributed by atoms with E-state index in [1.165, 1.54) is 61.5 Å². The molecule has 26 nitrogen and oxygen atoms in total. The highest BCUT2D eigenvalue weighted by Gasteiger charge is 2.22. The van der Waals surface area contributed by atoms with Crippen molar-refractivity contribution in [1.82, 2.24) is 15.0 Å². The molecule has 6 aromatic rings. The highest BCUT2D eigenvalue weighted by atomic mass is 35.5. The molecule has 0 spiro atoms. The number of hydrogen-bond acceptors (Lipinski definition) is 22. The Hall–Kier alpha value is -6.39. The number of benzene rings is 5. The van der Waals surface area contributed by atoms with Crippen molar-refractivity contribution in [2.24, 2.45) is 20.5 Å². The zero-order chi connectivity index (χ0) is 50.9. The summed E-state index contributed by atoms with van der Waals surface area (Å²) >= 11 is 6.15. The largest absolute Gasteiger partial charge is 0.505 e. The normalized spacial score (nSPS) is 12.8. The summed E-state index contributed by atoms with van der Waals surface area (Å²) in [5.41, 5.74) is 0.110. The fourth-order valence-electron chi connectivity index (χ4n) is 6.12. The molecule has 0 saturated carbocycles. The molecule has 0 saturated heterocycles. The molecule has 32 heteroatoms. The molecule has 5 aromatic carbocycles. The van der Waals surface area contributed by atoms with Crippen molar-refractivity contribution in [1.29, 1.82) is 0 Å². The number of halogens is 1. The van der Waals surface area contributed by atoms with Gasteiger partial charge in [-0.05, 0) is 116 Å². The van der Waals surface area contributed by atoms with E-state index in [9.17, 15) is 60.9 Å². The van der Waals surface area contributed by atoms with Gasteiger partial charge in [-0.15, -0.1) is 20.5 Å². The van der Waals surface area contributed by atoms with Gasteiger partial charge in [0, 0.05) is 22.1 Å². The number of aromatic nitrogens is 3. The minimum absolute atomic E-state index is 0.0174. The second-order valence-corrected chi connectivity index (χ2v) is 22.2. The SMILES string of the molecule is Cc1cc(N=Nc2c(NCS(=O)(=O)O)ccc3c(O)c(N=Nc4cc(Nc5nc(Cl)nc(Nc6cccc(S(=O)(=O)CCOS(=O)(=O)O)c6)n5)ccc4S(=O)(=O)O)c(C)cc23)c(S(=O)(=O)O)cc1C. The molecule has 1 aromatic heterocycles. The Morgan fingerprint density at radius 1 is 0.623 bits per heavy atom. The van der Waals surface area contributed by atoms with Gasteiger partial charge in [-0.25, -0.2) is 12.6 Å². The van der Waals surface area contributed by atoms with Gasteiger partial charge in [-0.3, -0.25) is 18.2 Å². The standard InChI is InChI=1S/C37H35ClN10O16S5/c1-19-14-28(31(15-20(19)2)68(58,59)60)45-48-33-26-13-21(3)32(34(49)25(26)8-9-27(33)39-18-66(52,53)54)47-46-29-17-23(7-10-30(29)67(55,56)57)41-37-43-35(38)42-36(44-37)40-22-5-4-6-24(16-22)65(50,51)12-11-64-69(61,62)63/h4-10,13-17,39,49H,11-12,18H2,1-3H3,(H,52,53,54)(H,55,56,57)(H,58,59,60)(H,61,62,63)(H2,40,41,42,43,44). The predicted molar refractivity (Wildman–Crippen MR) is 248 cm³/mol. The van der Waals surface area contributed by atoms with Crippen molar-refractivity contribution < 1.29 is 69.6 Å². The zero-order valence-corrected chi connectivity index (χ0v) is 40.2. The van der Waals surface area contributed by atoms with Crippen LogP contribution >= 0.6 is 11.6 Å². The van der Waals surface area contributed by atoms with E-state index in [-0.39, 0.29) is 72.5 Å². The summed E-state index contributed by atoms with van der Waals surface area (Å²) in [6, 6.07) is 14.9. The summed E-state index contributed by atoms with van der Waals surface area (Å²) in [6.45, 7) is 3.83. The van der Waals surface area contributed by atoms with Gasteiger partial charge in [0.15, 0.2) is 15.6 Å². The van der Waals surface area contributed by atoms with Gasteiger partial charge in [0.25, 0.3) is 30.4 Å². The maximum Gasteiger partial charge on any atom is 0.397 e. The number of rotatable bonds is 18. The molecule has 0 amide bonds. The quantitative estimate of drug-likeness (QED) is 0.0318. The highest BCUT2D eigenvalue weighted by Crippen LogP contribution is 2.46. The average Bonchev–Trinajstić information content (AvgIpc) is 3.21. The first kappa shape index (κ1) is 52.0. The average molecular weight is 1070 g/mol. The van der Waals surface area contributed by atoms with Crippen LogP contribution in [0.3, 0.4) is 0 Å². The van der Waals surface area contributed by atoms with E-state index in [0.717, 1.165) is 18.2 Å². The van der Waals surface area contributed by atoms with Crippen LogP contribution in [-0.2, 0) is 54.8 Å².